The van der Waals surface area contributed by atoms with Gasteiger partial charge in [0.1, 0.15) is 0 Å². The monoisotopic (exact) mass is 282 g/mol. The molecule has 2 aliphatic carbocycles. The summed E-state index contributed by atoms with van der Waals surface area (Å²) in [6.07, 6.45) is 9.62. The molecule has 1 heterocycles. The van der Waals surface area contributed by atoms with Crippen LogP contribution in [0.2, 0.25) is 0 Å². The Labute approximate surface area is 120 Å². The van der Waals surface area contributed by atoms with Crippen LogP contribution in [0.25, 0.3) is 0 Å². The summed E-state index contributed by atoms with van der Waals surface area (Å²) in [5.74, 6) is 0.894. The molecule has 3 nitrogen and oxygen atoms in total. The number of carbonyl (C=O) groups excluding carboxylic acids is 1. The molecule has 1 amide bonds. The average molecular weight is 282 g/mol. The van der Waals surface area contributed by atoms with Gasteiger partial charge >= 0.3 is 0 Å². The molecular weight excluding hydrogens is 256 g/mol. The van der Waals surface area contributed by atoms with Gasteiger partial charge in [0.15, 0.2) is 0 Å². The lowest BCUT2D eigenvalue weighted by Gasteiger charge is -2.41. The molecule has 4 heteroatoms. The van der Waals surface area contributed by atoms with Crippen molar-refractivity contribution in [3.8, 4) is 0 Å². The summed E-state index contributed by atoms with van der Waals surface area (Å²) in [6, 6.07) is 0.455. The third kappa shape index (κ3) is 2.21. The van der Waals surface area contributed by atoms with E-state index in [2.05, 4.69) is 30.3 Å². The highest BCUT2D eigenvalue weighted by Gasteiger charge is 2.61. The Bertz CT molecular complexity index is 367. The normalized spacial score (nSPS) is 37.4. The Morgan fingerprint density at radius 3 is 2.58 bits per heavy atom. The van der Waals surface area contributed by atoms with Gasteiger partial charge in [0.2, 0.25) is 5.91 Å². The molecule has 0 aromatic heterocycles. The first-order valence-electron chi connectivity index (χ1n) is 7.72. The number of thioether (sulfide) groups is 1. The van der Waals surface area contributed by atoms with Gasteiger partial charge in [0.05, 0.1) is 11.7 Å². The number of amides is 1. The molecule has 3 rings (SSSR count). The predicted molar refractivity (Wildman–Crippen MR) is 80.1 cm³/mol. The second-order valence-electron chi connectivity index (χ2n) is 6.75. The number of nitrogens with one attached hydrogen (secondary N) is 1. The molecule has 1 N–H and O–H groups in total. The third-order valence-electron chi connectivity index (χ3n) is 5.08. The van der Waals surface area contributed by atoms with E-state index in [-0.39, 0.29) is 11.7 Å². The summed E-state index contributed by atoms with van der Waals surface area (Å²) in [6.45, 7) is 4.46. The van der Waals surface area contributed by atoms with Gasteiger partial charge in [0.25, 0.3) is 0 Å². The Morgan fingerprint density at radius 2 is 2.00 bits per heavy atom. The van der Waals surface area contributed by atoms with Crippen molar-refractivity contribution < 1.29 is 4.79 Å². The molecular formula is C15H26N2OS. The third-order valence-corrected chi connectivity index (χ3v) is 6.23. The van der Waals surface area contributed by atoms with Crippen molar-refractivity contribution in [2.75, 3.05) is 6.26 Å². The molecule has 3 fully saturated rings. The molecule has 0 aromatic carbocycles. The average Bonchev–Trinajstić information content (AvgIpc) is 3.12. The Kier molecular flexibility index (Phi) is 3.59. The van der Waals surface area contributed by atoms with Crippen molar-refractivity contribution in [2.24, 2.45) is 5.92 Å². The van der Waals surface area contributed by atoms with E-state index in [0.29, 0.717) is 23.1 Å². The fourth-order valence-corrected chi connectivity index (χ4v) is 4.77. The van der Waals surface area contributed by atoms with Crippen LogP contribution < -0.4 is 5.32 Å². The molecule has 1 saturated heterocycles. The van der Waals surface area contributed by atoms with Gasteiger partial charge in [-0.1, -0.05) is 26.7 Å². The number of hydrogen-bond acceptors (Lipinski definition) is 3. The van der Waals surface area contributed by atoms with Crippen LogP contribution >= 0.6 is 11.8 Å². The minimum absolute atomic E-state index is 0.157. The lowest BCUT2D eigenvalue weighted by molar-refractivity contribution is -0.134. The van der Waals surface area contributed by atoms with Crippen molar-refractivity contribution in [3.63, 3.8) is 0 Å². The summed E-state index contributed by atoms with van der Waals surface area (Å²) >= 11 is 1.96. The highest BCUT2D eigenvalue weighted by atomic mass is 32.2. The summed E-state index contributed by atoms with van der Waals surface area (Å²) < 4.78 is 0. The zero-order valence-corrected chi connectivity index (χ0v) is 13.1. The standard InChI is InChI=1S/C15H26N2OS/c1-10(2)13-16-15(8-9-15)14(18)17(13)11-6-4-5-7-12(11)19-3/h10-13,16H,4-9H2,1-3H3. The van der Waals surface area contributed by atoms with Crippen LogP contribution in [0.15, 0.2) is 0 Å². The number of hydrogen-bond donors (Lipinski definition) is 1. The maximum Gasteiger partial charge on any atom is 0.244 e. The predicted octanol–water partition coefficient (Wildman–Crippen LogP) is 2.61. The molecule has 108 valence electrons. The van der Waals surface area contributed by atoms with Crippen molar-refractivity contribution in [1.82, 2.24) is 10.2 Å². The fraction of sp³-hybridized carbons (Fsp3) is 0.933. The SMILES string of the molecule is CSC1CCCCC1N1C(=O)C2(CC2)NC1C(C)C. The van der Waals surface area contributed by atoms with E-state index >= 15 is 0 Å². The van der Waals surface area contributed by atoms with E-state index < -0.39 is 0 Å². The first kappa shape index (κ1) is 13.7. The fourth-order valence-electron chi connectivity index (χ4n) is 3.79. The van der Waals surface area contributed by atoms with Crippen molar-refractivity contribution in [2.45, 2.75) is 75.4 Å². The second kappa shape index (κ2) is 4.96. The molecule has 3 atom stereocenters. The first-order valence-corrected chi connectivity index (χ1v) is 9.01. The maximum atomic E-state index is 12.8. The summed E-state index contributed by atoms with van der Waals surface area (Å²) in [5, 5.41) is 4.28. The van der Waals surface area contributed by atoms with Crippen molar-refractivity contribution >= 4 is 17.7 Å². The Balaban J connectivity index is 1.85. The van der Waals surface area contributed by atoms with E-state index in [1.165, 1.54) is 25.7 Å². The lowest BCUT2D eigenvalue weighted by atomic mass is 9.92. The smallest absolute Gasteiger partial charge is 0.244 e. The number of nitrogens with zero attached hydrogens (tertiary/aromatic N) is 1. The molecule has 2 saturated carbocycles. The van der Waals surface area contributed by atoms with Gasteiger partial charge in [-0.25, -0.2) is 0 Å². The van der Waals surface area contributed by atoms with Crippen LogP contribution in [0.5, 0.6) is 0 Å². The highest BCUT2D eigenvalue weighted by Crippen LogP contribution is 2.46. The lowest BCUT2D eigenvalue weighted by Crippen LogP contribution is -2.52. The van der Waals surface area contributed by atoms with E-state index in [9.17, 15) is 4.79 Å². The maximum absolute atomic E-state index is 12.8. The topological polar surface area (TPSA) is 32.3 Å². The van der Waals surface area contributed by atoms with Gasteiger partial charge in [-0.15, -0.1) is 0 Å². The quantitative estimate of drug-likeness (QED) is 0.863. The summed E-state index contributed by atoms with van der Waals surface area (Å²) in [4.78, 5) is 15.1. The van der Waals surface area contributed by atoms with Crippen LogP contribution in [0, 0.1) is 5.92 Å². The molecule has 0 radical (unpaired) electrons. The van der Waals surface area contributed by atoms with Gasteiger partial charge < -0.3 is 4.90 Å². The molecule has 1 aliphatic heterocycles. The second-order valence-corrected chi connectivity index (χ2v) is 7.83. The number of rotatable bonds is 3. The first-order chi connectivity index (χ1) is 9.09. The molecule has 3 unspecified atom stereocenters. The minimum atomic E-state index is -0.157. The Morgan fingerprint density at radius 1 is 1.32 bits per heavy atom. The van der Waals surface area contributed by atoms with E-state index in [1.54, 1.807) is 0 Å². The molecule has 3 aliphatic rings. The van der Waals surface area contributed by atoms with Crippen LogP contribution in [-0.2, 0) is 4.79 Å². The number of carbonyl (C=O) groups is 1. The van der Waals surface area contributed by atoms with Crippen LogP contribution in [0.3, 0.4) is 0 Å². The zero-order chi connectivity index (χ0) is 13.6. The van der Waals surface area contributed by atoms with Gasteiger partial charge in [0, 0.05) is 11.3 Å². The van der Waals surface area contributed by atoms with E-state index in [4.69, 9.17) is 0 Å². The van der Waals surface area contributed by atoms with Gasteiger partial charge in [-0.3, -0.25) is 10.1 Å². The summed E-state index contributed by atoms with van der Waals surface area (Å²) in [7, 11) is 0. The molecule has 0 bridgehead atoms. The molecule has 19 heavy (non-hydrogen) atoms. The van der Waals surface area contributed by atoms with E-state index in [1.807, 2.05) is 11.8 Å². The van der Waals surface area contributed by atoms with Gasteiger partial charge in [-0.2, -0.15) is 11.8 Å². The minimum Gasteiger partial charge on any atom is -0.321 e. The van der Waals surface area contributed by atoms with Crippen molar-refractivity contribution in [1.29, 1.82) is 0 Å². The van der Waals surface area contributed by atoms with Gasteiger partial charge in [-0.05, 0) is 37.9 Å². The Hall–Kier alpha value is -0.220. The van der Waals surface area contributed by atoms with Crippen LogP contribution in [0.1, 0.15) is 52.4 Å². The van der Waals surface area contributed by atoms with E-state index in [0.717, 1.165) is 12.8 Å². The molecule has 0 aromatic rings. The van der Waals surface area contributed by atoms with Crippen molar-refractivity contribution in [3.05, 3.63) is 0 Å². The van der Waals surface area contributed by atoms with Crippen LogP contribution in [-0.4, -0.2) is 40.1 Å². The van der Waals surface area contributed by atoms with Crippen LogP contribution in [0.4, 0.5) is 0 Å². The molecule has 1 spiro atoms. The summed E-state index contributed by atoms with van der Waals surface area (Å²) in [5.41, 5.74) is -0.157. The zero-order valence-electron chi connectivity index (χ0n) is 12.3. The largest absolute Gasteiger partial charge is 0.321 e. The highest BCUT2D eigenvalue weighted by molar-refractivity contribution is 7.99.